The predicted octanol–water partition coefficient (Wildman–Crippen LogP) is 1.95. The van der Waals surface area contributed by atoms with Gasteiger partial charge in [-0.05, 0) is 26.0 Å². The second-order valence-corrected chi connectivity index (χ2v) is 5.82. The van der Waals surface area contributed by atoms with Crippen LogP contribution in [-0.2, 0) is 4.79 Å². The number of hydrogen-bond donors (Lipinski definition) is 2. The van der Waals surface area contributed by atoms with Crippen LogP contribution in [0.3, 0.4) is 0 Å². The molecule has 2 N–H and O–H groups in total. The van der Waals surface area contributed by atoms with Crippen LogP contribution >= 0.6 is 24.0 Å². The predicted molar refractivity (Wildman–Crippen MR) is 90.0 cm³/mol. The number of carbonyl (C=O) groups excluding carboxylic acids is 2. The van der Waals surface area contributed by atoms with Crippen LogP contribution in [0.2, 0.25) is 0 Å². The summed E-state index contributed by atoms with van der Waals surface area (Å²) in [5, 5.41) is 0. The highest BCUT2D eigenvalue weighted by molar-refractivity contribution is 8.23. The van der Waals surface area contributed by atoms with Gasteiger partial charge in [0.2, 0.25) is 5.91 Å². The van der Waals surface area contributed by atoms with Crippen molar-refractivity contribution in [3.63, 3.8) is 0 Å². The first-order chi connectivity index (χ1) is 10.5. The van der Waals surface area contributed by atoms with Gasteiger partial charge in [-0.1, -0.05) is 36.1 Å². The van der Waals surface area contributed by atoms with Crippen LogP contribution < -0.4 is 10.9 Å². The summed E-state index contributed by atoms with van der Waals surface area (Å²) < 4.78 is 14.0. The summed E-state index contributed by atoms with van der Waals surface area (Å²) in [5.41, 5.74) is 4.28. The topological polar surface area (TPSA) is 61.4 Å². The zero-order valence-electron chi connectivity index (χ0n) is 12.4. The molecule has 5 nitrogen and oxygen atoms in total. The van der Waals surface area contributed by atoms with Gasteiger partial charge in [0.1, 0.15) is 10.1 Å². The molecule has 120 valence electrons. The highest BCUT2D eigenvalue weighted by atomic mass is 32.2. The number of thioether (sulfide) groups is 1. The molecule has 2 amide bonds. The molecule has 0 aliphatic heterocycles. The summed E-state index contributed by atoms with van der Waals surface area (Å²) in [7, 11) is 0. The molecule has 0 atom stereocenters. The van der Waals surface area contributed by atoms with E-state index in [4.69, 9.17) is 12.2 Å². The number of nitrogens with zero attached hydrogens (tertiary/aromatic N) is 1. The minimum atomic E-state index is -0.706. The van der Waals surface area contributed by atoms with E-state index in [1.807, 2.05) is 18.7 Å². The van der Waals surface area contributed by atoms with E-state index in [2.05, 4.69) is 10.9 Å². The fraction of sp³-hybridized carbons (Fsp3) is 0.357. The maximum Gasteiger partial charge on any atom is 0.272 e. The van der Waals surface area contributed by atoms with Crippen LogP contribution in [0.4, 0.5) is 4.39 Å². The Labute approximate surface area is 138 Å². The Kier molecular flexibility index (Phi) is 7.83. The minimum absolute atomic E-state index is 0.0763. The lowest BCUT2D eigenvalue weighted by Crippen LogP contribution is -2.43. The van der Waals surface area contributed by atoms with E-state index < -0.39 is 17.6 Å². The smallest absolute Gasteiger partial charge is 0.272 e. The fourth-order valence-corrected chi connectivity index (χ4v) is 2.78. The van der Waals surface area contributed by atoms with Gasteiger partial charge in [-0.2, -0.15) is 0 Å². The van der Waals surface area contributed by atoms with Crippen LogP contribution in [0.1, 0.15) is 24.2 Å². The van der Waals surface area contributed by atoms with Crippen molar-refractivity contribution in [3.05, 3.63) is 35.6 Å². The van der Waals surface area contributed by atoms with E-state index in [1.54, 1.807) is 0 Å². The molecule has 0 saturated heterocycles. The molecule has 0 fully saturated rings. The van der Waals surface area contributed by atoms with Gasteiger partial charge in [-0.25, -0.2) is 4.39 Å². The van der Waals surface area contributed by atoms with Gasteiger partial charge in [0, 0.05) is 13.1 Å². The molecule has 0 heterocycles. The molecule has 0 saturated carbocycles. The number of amides is 2. The molecule has 0 aliphatic rings. The highest BCUT2D eigenvalue weighted by Crippen LogP contribution is 2.09. The quantitative estimate of drug-likeness (QED) is 0.632. The van der Waals surface area contributed by atoms with Crippen LogP contribution in [-0.4, -0.2) is 39.9 Å². The van der Waals surface area contributed by atoms with Gasteiger partial charge >= 0.3 is 0 Å². The Morgan fingerprint density at radius 3 is 2.45 bits per heavy atom. The first kappa shape index (κ1) is 18.4. The molecule has 0 spiro atoms. The van der Waals surface area contributed by atoms with Gasteiger partial charge in [0.15, 0.2) is 0 Å². The Morgan fingerprint density at radius 1 is 1.23 bits per heavy atom. The average molecular weight is 343 g/mol. The lowest BCUT2D eigenvalue weighted by Gasteiger charge is -2.20. The summed E-state index contributed by atoms with van der Waals surface area (Å²) >= 11 is 6.41. The third kappa shape index (κ3) is 5.61. The molecule has 0 aromatic heterocycles. The summed E-state index contributed by atoms with van der Waals surface area (Å²) in [4.78, 5) is 25.3. The van der Waals surface area contributed by atoms with Crippen LogP contribution in [0, 0.1) is 5.82 Å². The van der Waals surface area contributed by atoms with E-state index in [0.29, 0.717) is 4.32 Å². The summed E-state index contributed by atoms with van der Waals surface area (Å²) in [6.07, 6.45) is 0. The van der Waals surface area contributed by atoms with Gasteiger partial charge in [0.25, 0.3) is 5.91 Å². The number of carbonyl (C=O) groups is 2. The lowest BCUT2D eigenvalue weighted by atomic mass is 10.2. The number of hydrogen-bond acceptors (Lipinski definition) is 4. The van der Waals surface area contributed by atoms with Crippen molar-refractivity contribution in [2.75, 3.05) is 18.8 Å². The molecule has 1 aromatic carbocycles. The van der Waals surface area contributed by atoms with Crippen molar-refractivity contribution >= 4 is 40.1 Å². The monoisotopic (exact) mass is 343 g/mol. The number of rotatable bonds is 5. The van der Waals surface area contributed by atoms with E-state index in [9.17, 15) is 14.0 Å². The molecule has 1 rings (SSSR count). The Morgan fingerprint density at radius 2 is 1.86 bits per heavy atom. The molecule has 1 aromatic rings. The maximum absolute atomic E-state index is 13.4. The highest BCUT2D eigenvalue weighted by Gasteiger charge is 2.13. The van der Waals surface area contributed by atoms with Crippen LogP contribution in [0.15, 0.2) is 24.3 Å². The van der Waals surface area contributed by atoms with E-state index in [1.165, 1.54) is 36.0 Å². The molecule has 0 bridgehead atoms. The Hall–Kier alpha value is -1.67. The van der Waals surface area contributed by atoms with E-state index in [0.717, 1.165) is 13.1 Å². The second kappa shape index (κ2) is 9.37. The maximum atomic E-state index is 13.4. The second-order valence-electron chi connectivity index (χ2n) is 4.21. The van der Waals surface area contributed by atoms with Crippen molar-refractivity contribution in [2.24, 2.45) is 0 Å². The molecule has 22 heavy (non-hydrogen) atoms. The SMILES string of the molecule is CCN(CC)C(=S)SCC(=O)NNC(=O)c1ccccc1F. The average Bonchev–Trinajstić information content (AvgIpc) is 2.52. The minimum Gasteiger partial charge on any atom is -0.358 e. The lowest BCUT2D eigenvalue weighted by molar-refractivity contribution is -0.119. The molecular formula is C14H18FN3O2S2. The van der Waals surface area contributed by atoms with Crippen LogP contribution in [0.5, 0.6) is 0 Å². The van der Waals surface area contributed by atoms with E-state index >= 15 is 0 Å². The number of hydrazine groups is 1. The molecule has 0 radical (unpaired) electrons. The summed E-state index contributed by atoms with van der Waals surface area (Å²) in [5.74, 6) is -1.69. The molecule has 8 heteroatoms. The molecule has 0 unspecified atom stereocenters. The normalized spacial score (nSPS) is 9.95. The molecule has 0 aliphatic carbocycles. The third-order valence-corrected chi connectivity index (χ3v) is 4.31. The Bertz CT molecular complexity index is 551. The van der Waals surface area contributed by atoms with Gasteiger partial charge in [0.05, 0.1) is 11.3 Å². The van der Waals surface area contributed by atoms with Crippen molar-refractivity contribution in [1.29, 1.82) is 0 Å². The zero-order valence-corrected chi connectivity index (χ0v) is 14.0. The largest absolute Gasteiger partial charge is 0.358 e. The van der Waals surface area contributed by atoms with Crippen molar-refractivity contribution < 1.29 is 14.0 Å². The first-order valence-electron chi connectivity index (χ1n) is 6.75. The third-order valence-electron chi connectivity index (χ3n) is 2.78. The number of nitrogens with one attached hydrogen (secondary N) is 2. The van der Waals surface area contributed by atoms with Crippen molar-refractivity contribution in [2.45, 2.75) is 13.8 Å². The standard InChI is InChI=1S/C14H18FN3O2S2/c1-3-18(4-2)14(21)22-9-12(19)16-17-13(20)10-7-5-6-8-11(10)15/h5-8H,3-4,9H2,1-2H3,(H,16,19)(H,17,20). The van der Waals surface area contributed by atoms with Crippen molar-refractivity contribution in [1.82, 2.24) is 15.8 Å². The van der Waals surface area contributed by atoms with Gasteiger partial charge < -0.3 is 4.90 Å². The number of halogens is 1. The van der Waals surface area contributed by atoms with Crippen molar-refractivity contribution in [3.8, 4) is 0 Å². The first-order valence-corrected chi connectivity index (χ1v) is 8.14. The van der Waals surface area contributed by atoms with Gasteiger partial charge in [-0.3, -0.25) is 20.4 Å². The summed E-state index contributed by atoms with van der Waals surface area (Å²) in [6, 6.07) is 5.53. The Balaban J connectivity index is 2.39. The number of thiocarbonyl (C=S) groups is 1. The zero-order chi connectivity index (χ0) is 16.5. The molecular weight excluding hydrogens is 325 g/mol. The summed E-state index contributed by atoms with van der Waals surface area (Å²) in [6.45, 7) is 5.50. The fourth-order valence-electron chi connectivity index (χ4n) is 1.58. The van der Waals surface area contributed by atoms with E-state index in [-0.39, 0.29) is 11.3 Å². The van der Waals surface area contributed by atoms with Gasteiger partial charge in [-0.15, -0.1) is 0 Å². The number of benzene rings is 1. The van der Waals surface area contributed by atoms with Crippen LogP contribution in [0.25, 0.3) is 0 Å².